The molecule has 3 rings (SSSR count). The van der Waals surface area contributed by atoms with Gasteiger partial charge in [0, 0.05) is 12.5 Å². The van der Waals surface area contributed by atoms with Gasteiger partial charge in [-0.25, -0.2) is 0 Å². The summed E-state index contributed by atoms with van der Waals surface area (Å²) in [6, 6.07) is 6.02. The summed E-state index contributed by atoms with van der Waals surface area (Å²) >= 11 is 0. The third-order valence-corrected chi connectivity index (χ3v) is 4.17. The van der Waals surface area contributed by atoms with E-state index in [0.717, 1.165) is 24.3 Å². The van der Waals surface area contributed by atoms with Gasteiger partial charge in [-0.15, -0.1) is 0 Å². The van der Waals surface area contributed by atoms with Gasteiger partial charge in [-0.3, -0.25) is 0 Å². The van der Waals surface area contributed by atoms with Crippen LogP contribution in [-0.2, 0) is 10.3 Å². The first-order valence-corrected chi connectivity index (χ1v) is 7.64. The van der Waals surface area contributed by atoms with Crippen molar-refractivity contribution >= 4 is 0 Å². The zero-order chi connectivity index (χ0) is 15.7. The summed E-state index contributed by atoms with van der Waals surface area (Å²) in [7, 11) is 0. The number of hydrogen-bond acceptors (Lipinski definition) is 5. The van der Waals surface area contributed by atoms with Crippen LogP contribution < -0.4 is 4.74 Å². The second kappa shape index (κ2) is 5.72. The molecule has 2 aromatic rings. The molecule has 1 aromatic heterocycles. The van der Waals surface area contributed by atoms with E-state index in [9.17, 15) is 0 Å². The summed E-state index contributed by atoms with van der Waals surface area (Å²) in [4.78, 5) is 4.53. The van der Waals surface area contributed by atoms with E-state index < -0.39 is 5.60 Å². The standard InChI is InChI=1S/C17H22N2O3/c1-11-6-5-7-14(12(11)2)21-17(3,4)16-18-15(19-22-16)13-8-9-20-10-13/h5-7,13H,8-10H2,1-4H3/t13-/m1/s1. The lowest BCUT2D eigenvalue weighted by atomic mass is 10.1. The van der Waals surface area contributed by atoms with Gasteiger partial charge >= 0.3 is 0 Å². The summed E-state index contributed by atoms with van der Waals surface area (Å²) in [5, 5.41) is 4.10. The quantitative estimate of drug-likeness (QED) is 0.865. The van der Waals surface area contributed by atoms with Crippen molar-refractivity contribution in [3.63, 3.8) is 0 Å². The van der Waals surface area contributed by atoms with Crippen LogP contribution in [0.25, 0.3) is 0 Å². The van der Waals surface area contributed by atoms with Crippen molar-refractivity contribution in [1.29, 1.82) is 0 Å². The van der Waals surface area contributed by atoms with Gasteiger partial charge in [0.1, 0.15) is 5.75 Å². The third-order valence-electron chi connectivity index (χ3n) is 4.17. The molecule has 1 aliphatic heterocycles. The Balaban J connectivity index is 1.81. The topological polar surface area (TPSA) is 57.4 Å². The lowest BCUT2D eigenvalue weighted by molar-refractivity contribution is 0.0683. The van der Waals surface area contributed by atoms with Gasteiger partial charge in [0.15, 0.2) is 11.4 Å². The molecule has 1 atom stereocenters. The Kier molecular flexibility index (Phi) is 3.91. The Hall–Kier alpha value is -1.88. The predicted molar refractivity (Wildman–Crippen MR) is 82.0 cm³/mol. The Labute approximate surface area is 130 Å². The fourth-order valence-corrected chi connectivity index (χ4v) is 2.54. The smallest absolute Gasteiger partial charge is 0.270 e. The number of hydrogen-bond donors (Lipinski definition) is 0. The first kappa shape index (κ1) is 15.0. The van der Waals surface area contributed by atoms with E-state index in [0.29, 0.717) is 18.3 Å². The first-order valence-electron chi connectivity index (χ1n) is 7.64. The second-order valence-electron chi connectivity index (χ2n) is 6.33. The maximum absolute atomic E-state index is 6.15. The molecular formula is C17H22N2O3. The molecule has 1 saturated heterocycles. The van der Waals surface area contributed by atoms with Crippen molar-refractivity contribution in [2.45, 2.75) is 45.6 Å². The predicted octanol–water partition coefficient (Wildman–Crippen LogP) is 3.50. The Bertz CT molecular complexity index is 658. The van der Waals surface area contributed by atoms with Crippen molar-refractivity contribution in [2.75, 3.05) is 13.2 Å². The highest BCUT2D eigenvalue weighted by atomic mass is 16.5. The summed E-state index contributed by atoms with van der Waals surface area (Å²) < 4.78 is 17.0. The lowest BCUT2D eigenvalue weighted by Crippen LogP contribution is -2.26. The van der Waals surface area contributed by atoms with E-state index in [1.165, 1.54) is 5.56 Å². The monoisotopic (exact) mass is 302 g/mol. The van der Waals surface area contributed by atoms with Crippen molar-refractivity contribution in [1.82, 2.24) is 10.1 Å². The van der Waals surface area contributed by atoms with Crippen LogP contribution in [0.15, 0.2) is 22.7 Å². The average molecular weight is 302 g/mol. The van der Waals surface area contributed by atoms with Crippen LogP contribution in [0.2, 0.25) is 0 Å². The molecule has 0 saturated carbocycles. The molecule has 5 nitrogen and oxygen atoms in total. The molecule has 1 aromatic carbocycles. The fourth-order valence-electron chi connectivity index (χ4n) is 2.54. The minimum absolute atomic E-state index is 0.231. The SMILES string of the molecule is Cc1cccc(OC(C)(C)c2nc([C@@H]3CCOC3)no2)c1C. The van der Waals surface area contributed by atoms with Crippen molar-refractivity contribution in [3.8, 4) is 5.75 Å². The zero-order valence-electron chi connectivity index (χ0n) is 13.5. The summed E-state index contributed by atoms with van der Waals surface area (Å²) in [5.41, 5.74) is 1.64. The van der Waals surface area contributed by atoms with Gasteiger partial charge < -0.3 is 14.0 Å². The minimum atomic E-state index is -0.677. The van der Waals surface area contributed by atoms with Crippen LogP contribution in [0.5, 0.6) is 5.75 Å². The van der Waals surface area contributed by atoms with Crippen molar-refractivity contribution < 1.29 is 14.0 Å². The van der Waals surface area contributed by atoms with Gasteiger partial charge in [-0.2, -0.15) is 4.98 Å². The van der Waals surface area contributed by atoms with Crippen LogP contribution >= 0.6 is 0 Å². The highest BCUT2D eigenvalue weighted by molar-refractivity contribution is 5.38. The molecule has 5 heteroatoms. The molecule has 118 valence electrons. The molecule has 0 bridgehead atoms. The van der Waals surface area contributed by atoms with Crippen LogP contribution in [-0.4, -0.2) is 23.4 Å². The molecule has 2 heterocycles. The Morgan fingerprint density at radius 3 is 2.82 bits per heavy atom. The van der Waals surface area contributed by atoms with E-state index in [1.54, 1.807) is 0 Å². The summed E-state index contributed by atoms with van der Waals surface area (Å²) in [6.07, 6.45) is 0.942. The fraction of sp³-hybridized carbons (Fsp3) is 0.529. The van der Waals surface area contributed by atoms with E-state index in [1.807, 2.05) is 26.0 Å². The highest BCUT2D eigenvalue weighted by Gasteiger charge is 2.32. The lowest BCUT2D eigenvalue weighted by Gasteiger charge is -2.24. The third kappa shape index (κ3) is 2.86. The minimum Gasteiger partial charge on any atom is -0.478 e. The first-order chi connectivity index (χ1) is 10.5. The number of aryl methyl sites for hydroxylation is 1. The van der Waals surface area contributed by atoms with Crippen molar-refractivity contribution in [2.24, 2.45) is 0 Å². The van der Waals surface area contributed by atoms with Crippen LogP contribution in [0.1, 0.15) is 49.0 Å². The Morgan fingerprint density at radius 2 is 2.09 bits per heavy atom. The number of aromatic nitrogens is 2. The average Bonchev–Trinajstić information content (AvgIpc) is 3.13. The van der Waals surface area contributed by atoms with Gasteiger partial charge in [-0.1, -0.05) is 17.3 Å². The van der Waals surface area contributed by atoms with Gasteiger partial charge in [0.2, 0.25) is 0 Å². The number of benzene rings is 1. The number of ether oxygens (including phenoxy) is 2. The molecular weight excluding hydrogens is 280 g/mol. The van der Waals surface area contributed by atoms with Crippen LogP contribution in [0.4, 0.5) is 0 Å². The molecule has 1 aliphatic rings. The van der Waals surface area contributed by atoms with Crippen LogP contribution in [0.3, 0.4) is 0 Å². The van der Waals surface area contributed by atoms with Gasteiger partial charge in [-0.05, 0) is 51.3 Å². The maximum Gasteiger partial charge on any atom is 0.270 e. The van der Waals surface area contributed by atoms with Crippen LogP contribution in [0, 0.1) is 13.8 Å². The van der Waals surface area contributed by atoms with Crippen molar-refractivity contribution in [3.05, 3.63) is 41.0 Å². The number of nitrogens with zero attached hydrogens (tertiary/aromatic N) is 2. The van der Waals surface area contributed by atoms with E-state index in [4.69, 9.17) is 14.0 Å². The van der Waals surface area contributed by atoms with E-state index >= 15 is 0 Å². The second-order valence-corrected chi connectivity index (χ2v) is 6.33. The normalized spacial score (nSPS) is 18.6. The molecule has 0 radical (unpaired) electrons. The molecule has 0 amide bonds. The summed E-state index contributed by atoms with van der Waals surface area (Å²) in [6.45, 7) is 9.43. The molecule has 0 aliphatic carbocycles. The molecule has 1 fully saturated rings. The molecule has 0 N–H and O–H groups in total. The van der Waals surface area contributed by atoms with E-state index in [-0.39, 0.29) is 5.92 Å². The molecule has 22 heavy (non-hydrogen) atoms. The molecule has 0 unspecified atom stereocenters. The van der Waals surface area contributed by atoms with Gasteiger partial charge in [0.05, 0.1) is 6.61 Å². The highest BCUT2D eigenvalue weighted by Crippen LogP contribution is 2.31. The maximum atomic E-state index is 6.15. The molecule has 0 spiro atoms. The largest absolute Gasteiger partial charge is 0.478 e. The number of rotatable bonds is 4. The summed E-state index contributed by atoms with van der Waals surface area (Å²) in [5.74, 6) is 2.28. The van der Waals surface area contributed by atoms with Gasteiger partial charge in [0.25, 0.3) is 5.89 Å². The zero-order valence-corrected chi connectivity index (χ0v) is 13.5. The van der Waals surface area contributed by atoms with E-state index in [2.05, 4.69) is 30.1 Å². The Morgan fingerprint density at radius 1 is 1.27 bits per heavy atom.